The van der Waals surface area contributed by atoms with Crippen molar-refractivity contribution in [1.82, 2.24) is 15.8 Å². The van der Waals surface area contributed by atoms with Gasteiger partial charge in [0.25, 0.3) is 0 Å². The van der Waals surface area contributed by atoms with Crippen LogP contribution in [0.4, 0.5) is 0 Å². The van der Waals surface area contributed by atoms with Crippen LogP contribution in [0, 0.1) is 12.8 Å². The van der Waals surface area contributed by atoms with Gasteiger partial charge in [-0.25, -0.2) is 10.9 Å². The third-order valence-electron chi connectivity index (χ3n) is 6.44. The number of hydrazine groups is 1. The minimum Gasteiger partial charge on any atom is -0.508 e. The van der Waals surface area contributed by atoms with Gasteiger partial charge in [-0.1, -0.05) is 17.7 Å². The van der Waals surface area contributed by atoms with E-state index in [4.69, 9.17) is 21.1 Å². The molecule has 0 aromatic heterocycles. The van der Waals surface area contributed by atoms with Gasteiger partial charge in [0.05, 0.1) is 25.8 Å². The molecular weight excluding hydrogens is 446 g/mol. The molecule has 0 spiro atoms. The van der Waals surface area contributed by atoms with Crippen LogP contribution in [0.5, 0.6) is 17.2 Å². The number of carbonyl (C=O) groups excluding carboxylic acids is 1. The molecule has 33 heavy (non-hydrogen) atoms. The van der Waals surface area contributed by atoms with Gasteiger partial charge in [0.15, 0.2) is 11.5 Å². The second-order valence-electron chi connectivity index (χ2n) is 8.38. The van der Waals surface area contributed by atoms with Crippen LogP contribution in [0.25, 0.3) is 0 Å². The van der Waals surface area contributed by atoms with Crippen molar-refractivity contribution in [3.8, 4) is 17.2 Å². The Morgan fingerprint density at radius 2 is 1.91 bits per heavy atom. The fourth-order valence-electron chi connectivity index (χ4n) is 4.93. The number of rotatable bonds is 8. The van der Waals surface area contributed by atoms with Gasteiger partial charge in [-0.05, 0) is 55.7 Å². The molecule has 2 aromatic carbocycles. The lowest BCUT2D eigenvalue weighted by Crippen LogP contribution is -2.41. The molecule has 0 radical (unpaired) electrons. The van der Waals surface area contributed by atoms with Gasteiger partial charge < -0.3 is 24.6 Å². The number of aliphatic hydroxyl groups excluding tert-OH is 1. The lowest BCUT2D eigenvalue weighted by atomic mass is 9.83. The highest BCUT2D eigenvalue weighted by Crippen LogP contribution is 2.50. The molecule has 4 unspecified atom stereocenters. The van der Waals surface area contributed by atoms with Gasteiger partial charge >= 0.3 is 0 Å². The van der Waals surface area contributed by atoms with E-state index in [1.165, 1.54) is 0 Å². The first kappa shape index (κ1) is 23.6. The number of carbonyl (C=O) groups is 1. The molecule has 4 atom stereocenters. The molecule has 2 aliphatic rings. The summed E-state index contributed by atoms with van der Waals surface area (Å²) in [7, 11) is 1.58. The summed E-state index contributed by atoms with van der Waals surface area (Å²) in [6.07, 6.45) is 0.468. The summed E-state index contributed by atoms with van der Waals surface area (Å²) in [5, 5.41) is 20.7. The van der Waals surface area contributed by atoms with E-state index < -0.39 is 6.04 Å². The van der Waals surface area contributed by atoms with Gasteiger partial charge in [-0.2, -0.15) is 0 Å². The predicted octanol–water partition coefficient (Wildman–Crippen LogP) is 2.86. The molecule has 4 rings (SSSR count). The monoisotopic (exact) mass is 475 g/mol. The first-order valence-electron chi connectivity index (χ1n) is 11.1. The van der Waals surface area contributed by atoms with Crippen molar-refractivity contribution in [3.05, 3.63) is 52.0 Å². The Morgan fingerprint density at radius 1 is 1.15 bits per heavy atom. The van der Waals surface area contributed by atoms with Gasteiger partial charge in [0.2, 0.25) is 5.91 Å². The smallest absolute Gasteiger partial charge is 0.242 e. The maximum Gasteiger partial charge on any atom is 0.242 e. The second kappa shape index (κ2) is 9.77. The topological polar surface area (TPSA) is 103 Å². The highest BCUT2D eigenvalue weighted by atomic mass is 35.5. The Hall–Kier alpha value is -2.52. The number of nitrogens with one attached hydrogen (secondary N) is 2. The van der Waals surface area contributed by atoms with Gasteiger partial charge in [-0.15, -0.1) is 0 Å². The fourth-order valence-corrected chi connectivity index (χ4v) is 5.10. The number of hydrogen-bond acceptors (Lipinski definition) is 7. The van der Waals surface area contributed by atoms with Crippen molar-refractivity contribution in [2.45, 2.75) is 38.4 Å². The third-order valence-corrected chi connectivity index (χ3v) is 6.85. The number of ether oxygens (including phenoxy) is 2. The summed E-state index contributed by atoms with van der Waals surface area (Å²) in [5.41, 5.74) is 8.64. The highest BCUT2D eigenvalue weighted by molar-refractivity contribution is 6.31. The molecule has 0 aliphatic carbocycles. The lowest BCUT2D eigenvalue weighted by Gasteiger charge is -2.32. The van der Waals surface area contributed by atoms with Crippen molar-refractivity contribution >= 4 is 17.5 Å². The average Bonchev–Trinajstić information content (AvgIpc) is 3.34. The van der Waals surface area contributed by atoms with E-state index in [1.807, 2.05) is 32.0 Å². The molecule has 4 N–H and O–H groups in total. The molecule has 2 aromatic rings. The zero-order valence-corrected chi connectivity index (χ0v) is 19.7. The lowest BCUT2D eigenvalue weighted by molar-refractivity contribution is -0.130. The third kappa shape index (κ3) is 4.24. The van der Waals surface area contributed by atoms with Crippen molar-refractivity contribution in [3.63, 3.8) is 0 Å². The Balaban J connectivity index is 1.79. The molecule has 0 bridgehead atoms. The van der Waals surface area contributed by atoms with Crippen LogP contribution in [-0.2, 0) is 4.79 Å². The number of hydrogen-bond donors (Lipinski definition) is 4. The number of aryl methyl sites for hydroxylation is 1. The number of fused-ring (bicyclic) bond motifs is 1. The number of halogens is 1. The quantitative estimate of drug-likeness (QED) is 0.465. The van der Waals surface area contributed by atoms with Crippen LogP contribution in [0.3, 0.4) is 0 Å². The Labute approximate surface area is 198 Å². The summed E-state index contributed by atoms with van der Waals surface area (Å²) in [6, 6.07) is 7.92. The number of aromatic hydroxyl groups is 1. The number of phenolic OH excluding ortho intramolecular Hbond substituents is 1. The van der Waals surface area contributed by atoms with Crippen LogP contribution < -0.4 is 20.3 Å². The van der Waals surface area contributed by atoms with E-state index in [1.54, 1.807) is 24.1 Å². The van der Waals surface area contributed by atoms with E-state index in [0.29, 0.717) is 41.7 Å². The molecule has 2 saturated heterocycles. The number of nitrogens with zero attached hydrogens (tertiary/aromatic N) is 1. The van der Waals surface area contributed by atoms with Crippen molar-refractivity contribution < 1.29 is 24.5 Å². The summed E-state index contributed by atoms with van der Waals surface area (Å²) < 4.78 is 11.2. The zero-order valence-electron chi connectivity index (χ0n) is 19.0. The highest BCUT2D eigenvalue weighted by Gasteiger charge is 2.55. The number of phenols is 1. The summed E-state index contributed by atoms with van der Waals surface area (Å²) in [6.45, 7) is 4.65. The Bertz CT molecular complexity index is 1030. The first-order chi connectivity index (χ1) is 15.9. The van der Waals surface area contributed by atoms with Crippen LogP contribution >= 0.6 is 11.6 Å². The Kier molecular flexibility index (Phi) is 6.99. The van der Waals surface area contributed by atoms with Crippen LogP contribution in [0.1, 0.15) is 42.1 Å². The number of likely N-dealkylation sites (tertiary alicyclic amines) is 1. The molecule has 8 nitrogen and oxygen atoms in total. The van der Waals surface area contributed by atoms with E-state index in [9.17, 15) is 15.0 Å². The maximum absolute atomic E-state index is 13.4. The van der Waals surface area contributed by atoms with Crippen molar-refractivity contribution in [1.29, 1.82) is 0 Å². The average molecular weight is 476 g/mol. The molecule has 2 fully saturated rings. The molecule has 9 heteroatoms. The number of methoxy groups -OCH3 is 1. The summed E-state index contributed by atoms with van der Waals surface area (Å²) >= 11 is 6.38. The predicted molar refractivity (Wildman–Crippen MR) is 124 cm³/mol. The van der Waals surface area contributed by atoms with Crippen LogP contribution in [-0.4, -0.2) is 53.9 Å². The Morgan fingerprint density at radius 3 is 2.61 bits per heavy atom. The minimum absolute atomic E-state index is 0.0120. The number of aliphatic hydroxyl groups is 1. The molecule has 1 amide bonds. The maximum atomic E-state index is 13.4. The van der Waals surface area contributed by atoms with Crippen LogP contribution in [0.15, 0.2) is 30.3 Å². The van der Waals surface area contributed by atoms with E-state index in [-0.39, 0.29) is 36.3 Å². The fraction of sp³-hybridized carbons (Fsp3) is 0.458. The van der Waals surface area contributed by atoms with E-state index in [0.717, 1.165) is 11.1 Å². The number of amides is 1. The van der Waals surface area contributed by atoms with E-state index >= 15 is 0 Å². The summed E-state index contributed by atoms with van der Waals surface area (Å²) in [5.74, 6) is 1.06. The molecule has 178 valence electrons. The zero-order chi connectivity index (χ0) is 23.7. The largest absolute Gasteiger partial charge is 0.508 e. The summed E-state index contributed by atoms with van der Waals surface area (Å²) in [4.78, 5) is 15.2. The van der Waals surface area contributed by atoms with E-state index in [2.05, 4.69) is 10.9 Å². The molecular formula is C24H30ClN3O5. The van der Waals surface area contributed by atoms with Crippen molar-refractivity contribution in [2.24, 2.45) is 5.92 Å². The molecule has 2 heterocycles. The second-order valence-corrected chi connectivity index (χ2v) is 8.79. The minimum atomic E-state index is -0.490. The molecule has 2 aliphatic heterocycles. The molecule has 0 saturated carbocycles. The van der Waals surface area contributed by atoms with Gasteiger partial charge in [0, 0.05) is 29.7 Å². The van der Waals surface area contributed by atoms with Crippen molar-refractivity contribution in [2.75, 3.05) is 26.9 Å². The number of benzene rings is 2. The SMILES string of the molecule is CCOc1ccc(C2C3C(NNC3c3cc(Cl)c(C)cc3O)C(=O)N2CCCO)cc1OC. The normalized spacial score (nSPS) is 24.3. The van der Waals surface area contributed by atoms with Crippen LogP contribution in [0.2, 0.25) is 5.02 Å². The standard InChI is InChI=1S/C24H30ClN3O5/c1-4-33-18-7-6-14(11-19(18)32-3)23-20-21(15-12-16(25)13(2)10-17(15)30)26-27-22(20)24(31)28(23)8-5-9-29/h6-7,10-12,20-23,26-27,29-30H,4-5,8-9H2,1-3H3. The van der Waals surface area contributed by atoms with Gasteiger partial charge in [0.1, 0.15) is 11.8 Å². The first-order valence-corrected chi connectivity index (χ1v) is 11.5. The van der Waals surface area contributed by atoms with Gasteiger partial charge in [-0.3, -0.25) is 4.79 Å².